The first-order chi connectivity index (χ1) is 9.15. The van der Waals surface area contributed by atoms with E-state index in [4.69, 9.17) is 5.73 Å². The molecule has 0 spiro atoms. The van der Waals surface area contributed by atoms with Crippen LogP contribution >= 0.6 is 0 Å². The third-order valence-electron chi connectivity index (χ3n) is 3.65. The average Bonchev–Trinajstić information content (AvgIpc) is 2.25. The van der Waals surface area contributed by atoms with Gasteiger partial charge in [-0.25, -0.2) is 13.1 Å². The van der Waals surface area contributed by atoms with Crippen molar-refractivity contribution in [3.63, 3.8) is 0 Å². The van der Waals surface area contributed by atoms with Crippen LogP contribution in [-0.2, 0) is 10.0 Å². The van der Waals surface area contributed by atoms with Crippen LogP contribution in [-0.4, -0.2) is 18.9 Å². The number of anilines is 1. The summed E-state index contributed by atoms with van der Waals surface area (Å²) in [5, 5.41) is 10.9. The van der Waals surface area contributed by atoms with Gasteiger partial charge in [0.25, 0.3) is 5.69 Å². The van der Waals surface area contributed by atoms with E-state index in [9.17, 15) is 18.5 Å². The van der Waals surface area contributed by atoms with Crippen LogP contribution in [0.4, 0.5) is 11.4 Å². The van der Waals surface area contributed by atoms with E-state index in [2.05, 4.69) is 4.72 Å². The van der Waals surface area contributed by atoms with Crippen molar-refractivity contribution in [1.29, 1.82) is 0 Å². The number of nitrogen functional groups attached to an aromatic ring is 1. The quantitative estimate of drug-likeness (QED) is 0.499. The van der Waals surface area contributed by atoms with Gasteiger partial charge in [0.1, 0.15) is 5.69 Å². The topological polar surface area (TPSA) is 115 Å². The molecule has 0 aromatic heterocycles. The highest BCUT2D eigenvalue weighted by Gasteiger charge is 2.37. The molecule has 1 aliphatic carbocycles. The van der Waals surface area contributed by atoms with E-state index in [1.165, 1.54) is 6.07 Å². The fraction of sp³-hybridized carbons (Fsp3) is 0.500. The Morgan fingerprint density at radius 1 is 1.40 bits per heavy atom. The Morgan fingerprint density at radius 2 is 2.00 bits per heavy atom. The average molecular weight is 299 g/mol. The second kappa shape index (κ2) is 4.71. The van der Waals surface area contributed by atoms with Gasteiger partial charge in [-0.05, 0) is 44.7 Å². The standard InChI is InChI=1S/C12H17N3O4S/c1-8-6-9(13)10(15(16)17)7-11(8)20(18,19)14-12(2)4-3-5-12/h6-7,14H,3-5,13H2,1-2H3. The minimum Gasteiger partial charge on any atom is -0.393 e. The van der Waals surface area contributed by atoms with Crippen molar-refractivity contribution in [1.82, 2.24) is 4.72 Å². The van der Waals surface area contributed by atoms with E-state index in [0.29, 0.717) is 5.56 Å². The fourth-order valence-corrected chi connectivity index (χ4v) is 4.05. The zero-order chi connectivity index (χ0) is 15.1. The zero-order valence-corrected chi connectivity index (χ0v) is 12.2. The Hall–Kier alpha value is -1.67. The van der Waals surface area contributed by atoms with Crippen LogP contribution in [0.15, 0.2) is 17.0 Å². The van der Waals surface area contributed by atoms with Crippen molar-refractivity contribution in [2.45, 2.75) is 43.5 Å². The maximum atomic E-state index is 12.4. The second-order valence-electron chi connectivity index (χ2n) is 5.45. The predicted octanol–water partition coefficient (Wildman–Crippen LogP) is 1.71. The lowest BCUT2D eigenvalue weighted by molar-refractivity contribution is -0.384. The number of nitrogens with zero attached hydrogens (tertiary/aromatic N) is 1. The number of hydrogen-bond acceptors (Lipinski definition) is 5. The number of nitrogens with one attached hydrogen (secondary N) is 1. The van der Waals surface area contributed by atoms with Gasteiger partial charge in [-0.1, -0.05) is 0 Å². The molecule has 0 aliphatic heterocycles. The molecular weight excluding hydrogens is 282 g/mol. The Bertz CT molecular complexity index is 666. The molecule has 1 aromatic carbocycles. The van der Waals surface area contributed by atoms with Gasteiger partial charge >= 0.3 is 0 Å². The smallest absolute Gasteiger partial charge is 0.293 e. The molecule has 0 unspecified atom stereocenters. The second-order valence-corrected chi connectivity index (χ2v) is 7.10. The summed E-state index contributed by atoms with van der Waals surface area (Å²) in [5.74, 6) is 0. The highest BCUT2D eigenvalue weighted by atomic mass is 32.2. The maximum Gasteiger partial charge on any atom is 0.293 e. The van der Waals surface area contributed by atoms with E-state index in [-0.39, 0.29) is 10.6 Å². The van der Waals surface area contributed by atoms with Crippen molar-refractivity contribution in [3.8, 4) is 0 Å². The summed E-state index contributed by atoms with van der Waals surface area (Å²) in [6.45, 7) is 3.40. The van der Waals surface area contributed by atoms with Gasteiger partial charge in [-0.15, -0.1) is 0 Å². The minimum atomic E-state index is -3.79. The lowest BCUT2D eigenvalue weighted by Gasteiger charge is -2.38. The molecule has 0 radical (unpaired) electrons. The van der Waals surface area contributed by atoms with E-state index >= 15 is 0 Å². The van der Waals surface area contributed by atoms with Gasteiger partial charge < -0.3 is 5.73 Å². The summed E-state index contributed by atoms with van der Waals surface area (Å²) in [7, 11) is -3.79. The summed E-state index contributed by atoms with van der Waals surface area (Å²) in [4.78, 5) is 10.1. The number of hydrogen-bond donors (Lipinski definition) is 2. The number of sulfonamides is 1. The maximum absolute atomic E-state index is 12.4. The van der Waals surface area contributed by atoms with Crippen molar-refractivity contribution < 1.29 is 13.3 Å². The first-order valence-electron chi connectivity index (χ1n) is 6.23. The van der Waals surface area contributed by atoms with E-state index in [1.807, 2.05) is 6.92 Å². The van der Waals surface area contributed by atoms with Crippen molar-refractivity contribution in [2.24, 2.45) is 0 Å². The number of nitro benzene ring substituents is 1. The molecule has 8 heteroatoms. The van der Waals surface area contributed by atoms with Crippen LogP contribution in [0.2, 0.25) is 0 Å². The number of aryl methyl sites for hydroxylation is 1. The molecule has 0 amide bonds. The van der Waals surface area contributed by atoms with Gasteiger partial charge in [0.15, 0.2) is 0 Å². The molecule has 1 aliphatic rings. The van der Waals surface area contributed by atoms with Crippen molar-refractivity contribution in [2.75, 3.05) is 5.73 Å². The van der Waals surface area contributed by atoms with Crippen LogP contribution in [0.25, 0.3) is 0 Å². The van der Waals surface area contributed by atoms with Crippen LogP contribution < -0.4 is 10.5 Å². The molecule has 3 N–H and O–H groups in total. The molecule has 0 atom stereocenters. The Labute approximate surface area is 117 Å². The van der Waals surface area contributed by atoms with Gasteiger partial charge in [-0.2, -0.15) is 0 Å². The molecule has 0 heterocycles. The van der Waals surface area contributed by atoms with Gasteiger partial charge in [-0.3, -0.25) is 10.1 Å². The highest BCUT2D eigenvalue weighted by Crippen LogP contribution is 2.34. The van der Waals surface area contributed by atoms with Crippen molar-refractivity contribution >= 4 is 21.4 Å². The molecule has 110 valence electrons. The van der Waals surface area contributed by atoms with Crippen molar-refractivity contribution in [3.05, 3.63) is 27.8 Å². The fourth-order valence-electron chi connectivity index (χ4n) is 2.34. The lowest BCUT2D eigenvalue weighted by atomic mass is 9.80. The third-order valence-corrected chi connectivity index (χ3v) is 5.43. The molecule has 1 saturated carbocycles. The molecular formula is C12H17N3O4S. The summed E-state index contributed by atoms with van der Waals surface area (Å²) in [6, 6.07) is 2.34. The Kier molecular flexibility index (Phi) is 3.47. The van der Waals surface area contributed by atoms with Crippen LogP contribution in [0, 0.1) is 17.0 Å². The first-order valence-corrected chi connectivity index (χ1v) is 7.71. The normalized spacial score (nSPS) is 17.5. The van der Waals surface area contributed by atoms with Gasteiger partial charge in [0.05, 0.1) is 9.82 Å². The Morgan fingerprint density at radius 3 is 2.45 bits per heavy atom. The molecule has 0 saturated heterocycles. The first kappa shape index (κ1) is 14.7. The molecule has 2 rings (SSSR count). The van der Waals surface area contributed by atoms with E-state index < -0.39 is 26.2 Å². The molecule has 1 fully saturated rings. The summed E-state index contributed by atoms with van der Waals surface area (Å²) in [5.41, 5.74) is 5.04. The van der Waals surface area contributed by atoms with Crippen LogP contribution in [0.3, 0.4) is 0 Å². The lowest BCUT2D eigenvalue weighted by Crippen LogP contribution is -2.50. The number of nitrogens with two attached hydrogens (primary N) is 1. The molecule has 20 heavy (non-hydrogen) atoms. The monoisotopic (exact) mass is 299 g/mol. The van der Waals surface area contributed by atoms with E-state index in [0.717, 1.165) is 25.3 Å². The van der Waals surface area contributed by atoms with Crippen LogP contribution in [0.1, 0.15) is 31.7 Å². The highest BCUT2D eigenvalue weighted by molar-refractivity contribution is 7.89. The molecule has 0 bridgehead atoms. The zero-order valence-electron chi connectivity index (χ0n) is 11.3. The van der Waals surface area contributed by atoms with E-state index in [1.54, 1.807) is 6.92 Å². The largest absolute Gasteiger partial charge is 0.393 e. The number of nitro groups is 1. The summed E-state index contributed by atoms with van der Waals surface area (Å²) < 4.78 is 27.4. The van der Waals surface area contributed by atoms with Gasteiger partial charge in [0, 0.05) is 11.6 Å². The third kappa shape index (κ3) is 2.61. The molecule has 7 nitrogen and oxygen atoms in total. The summed E-state index contributed by atoms with van der Waals surface area (Å²) in [6.07, 6.45) is 2.50. The number of rotatable bonds is 4. The minimum absolute atomic E-state index is 0.0405. The molecule has 1 aromatic rings. The SMILES string of the molecule is Cc1cc(N)c([N+](=O)[O-])cc1S(=O)(=O)NC1(C)CCC1. The van der Waals surface area contributed by atoms with Gasteiger partial charge in [0.2, 0.25) is 10.0 Å². The predicted molar refractivity (Wildman–Crippen MR) is 74.8 cm³/mol. The Balaban J connectivity index is 2.45. The summed E-state index contributed by atoms with van der Waals surface area (Å²) >= 11 is 0. The van der Waals surface area contributed by atoms with Crippen LogP contribution in [0.5, 0.6) is 0 Å². The number of benzene rings is 1.